The Hall–Kier alpha value is -4.11. The maximum atomic E-state index is 14.0. The van der Waals surface area contributed by atoms with Gasteiger partial charge in [0.1, 0.15) is 23.4 Å². The number of methoxy groups -OCH3 is 2. The van der Waals surface area contributed by atoms with Crippen LogP contribution in [0, 0.1) is 23.5 Å². The first-order valence-corrected chi connectivity index (χ1v) is 11.2. The van der Waals surface area contributed by atoms with Crippen molar-refractivity contribution in [1.82, 2.24) is 5.32 Å². The van der Waals surface area contributed by atoms with E-state index in [1.54, 1.807) is 24.3 Å². The van der Waals surface area contributed by atoms with E-state index in [4.69, 9.17) is 9.47 Å². The predicted octanol–water partition coefficient (Wildman–Crippen LogP) is 3.17. The molecule has 2 fully saturated rings. The summed E-state index contributed by atoms with van der Waals surface area (Å²) in [6.45, 7) is 0. The third kappa shape index (κ3) is 3.46. The van der Waals surface area contributed by atoms with Crippen molar-refractivity contribution in [3.63, 3.8) is 0 Å². The molecule has 0 aliphatic carbocycles. The average molecular weight is 492 g/mol. The molecule has 0 bridgehead atoms. The van der Waals surface area contributed by atoms with E-state index >= 15 is 0 Å². The molecule has 2 amide bonds. The number of nitrogens with zero attached hydrogens (tertiary/aromatic N) is 1. The van der Waals surface area contributed by atoms with Gasteiger partial charge in [-0.1, -0.05) is 24.3 Å². The van der Waals surface area contributed by atoms with Crippen molar-refractivity contribution < 1.29 is 32.6 Å². The highest BCUT2D eigenvalue weighted by molar-refractivity contribution is 6.24. The minimum atomic E-state index is -1.45. The van der Waals surface area contributed by atoms with Gasteiger partial charge in [0.2, 0.25) is 11.8 Å². The van der Waals surface area contributed by atoms with Crippen molar-refractivity contribution in [1.29, 1.82) is 0 Å². The van der Waals surface area contributed by atoms with E-state index in [-0.39, 0.29) is 0 Å². The summed E-state index contributed by atoms with van der Waals surface area (Å²) >= 11 is 0. The van der Waals surface area contributed by atoms with Crippen LogP contribution in [0.1, 0.15) is 11.1 Å². The van der Waals surface area contributed by atoms with Crippen LogP contribution in [0.3, 0.4) is 0 Å². The van der Waals surface area contributed by atoms with E-state index in [9.17, 15) is 23.2 Å². The number of ether oxygens (including phenoxy) is 2. The van der Waals surface area contributed by atoms with E-state index in [0.29, 0.717) is 22.6 Å². The number of imide groups is 1. The lowest BCUT2D eigenvalue weighted by atomic mass is 9.71. The molecule has 2 aliphatic rings. The van der Waals surface area contributed by atoms with Gasteiger partial charge in [-0.05, 0) is 59.7 Å². The van der Waals surface area contributed by atoms with Crippen LogP contribution in [0.5, 0.6) is 5.75 Å². The van der Waals surface area contributed by atoms with Crippen molar-refractivity contribution >= 4 is 23.5 Å². The van der Waals surface area contributed by atoms with Crippen LogP contribution >= 0.6 is 0 Å². The maximum absolute atomic E-state index is 14.0. The van der Waals surface area contributed by atoms with Crippen LogP contribution in [0.25, 0.3) is 0 Å². The second-order valence-corrected chi connectivity index (χ2v) is 8.68. The lowest BCUT2D eigenvalue weighted by Gasteiger charge is -2.36. The Morgan fingerprint density at radius 2 is 1.36 bits per heavy atom. The smallest absolute Gasteiger partial charge is 0.323 e. The highest BCUT2D eigenvalue weighted by atomic mass is 19.1. The highest BCUT2D eigenvalue weighted by Crippen LogP contribution is 2.52. The Balaban J connectivity index is 1.73. The standard InChI is InChI=1S/C27H22F2N2O5/c1-35-20-13-11-19(12-14-20)31-24(32)21-22(25(31)33)27(30-23(21)26(34)36-2,15-3-7-17(28)8-4-15)16-5-9-18(29)10-6-16/h3-14,21-23,30H,1-2H3. The molecule has 3 aromatic rings. The molecule has 184 valence electrons. The van der Waals surface area contributed by atoms with E-state index in [1.807, 2.05) is 0 Å². The molecule has 0 spiro atoms. The molecule has 0 radical (unpaired) electrons. The topological polar surface area (TPSA) is 84.9 Å². The maximum Gasteiger partial charge on any atom is 0.323 e. The van der Waals surface area contributed by atoms with Gasteiger partial charge in [0.05, 0.1) is 37.3 Å². The molecular weight excluding hydrogens is 470 g/mol. The number of hydrogen-bond donors (Lipinski definition) is 1. The zero-order valence-corrected chi connectivity index (χ0v) is 19.4. The van der Waals surface area contributed by atoms with Gasteiger partial charge in [0.25, 0.3) is 0 Å². The van der Waals surface area contributed by atoms with Crippen LogP contribution in [0.2, 0.25) is 0 Å². The lowest BCUT2D eigenvalue weighted by molar-refractivity contribution is -0.145. The molecule has 3 unspecified atom stereocenters. The summed E-state index contributed by atoms with van der Waals surface area (Å²) in [5.41, 5.74) is -0.251. The Morgan fingerprint density at radius 1 is 0.833 bits per heavy atom. The number of benzene rings is 3. The number of carbonyl (C=O) groups is 3. The summed E-state index contributed by atoms with van der Waals surface area (Å²) in [7, 11) is 2.69. The molecular formula is C27H22F2N2O5. The van der Waals surface area contributed by atoms with Gasteiger partial charge < -0.3 is 9.47 Å². The van der Waals surface area contributed by atoms with E-state index in [0.717, 1.165) is 4.90 Å². The Bertz CT molecular complexity index is 1280. The van der Waals surface area contributed by atoms with Crippen LogP contribution in [0.15, 0.2) is 72.8 Å². The first kappa shape index (κ1) is 23.6. The minimum Gasteiger partial charge on any atom is -0.497 e. The van der Waals surface area contributed by atoms with Gasteiger partial charge in [-0.2, -0.15) is 0 Å². The molecule has 2 heterocycles. The van der Waals surface area contributed by atoms with Crippen molar-refractivity contribution in [3.05, 3.63) is 95.6 Å². The average Bonchev–Trinajstić information content (AvgIpc) is 3.39. The number of nitrogens with one attached hydrogen (secondary N) is 1. The second-order valence-electron chi connectivity index (χ2n) is 8.68. The van der Waals surface area contributed by atoms with Crippen molar-refractivity contribution in [2.75, 3.05) is 19.1 Å². The Labute approximate surface area is 205 Å². The SMILES string of the molecule is COC(=O)C1NC(c2ccc(F)cc2)(c2ccc(F)cc2)C2C(=O)N(c3ccc(OC)cc3)C(=O)C12. The third-order valence-electron chi connectivity index (χ3n) is 6.94. The van der Waals surface area contributed by atoms with Gasteiger partial charge in [0, 0.05) is 0 Å². The number of carbonyl (C=O) groups excluding carboxylic acids is 3. The molecule has 0 saturated carbocycles. The van der Waals surface area contributed by atoms with E-state index in [2.05, 4.69) is 5.32 Å². The van der Waals surface area contributed by atoms with Crippen LogP contribution in [-0.4, -0.2) is 38.0 Å². The molecule has 36 heavy (non-hydrogen) atoms. The summed E-state index contributed by atoms with van der Waals surface area (Å²) in [5, 5.41) is 3.17. The lowest BCUT2D eigenvalue weighted by Crippen LogP contribution is -2.52. The minimum absolute atomic E-state index is 0.316. The van der Waals surface area contributed by atoms with Gasteiger partial charge in [-0.3, -0.25) is 19.7 Å². The molecule has 5 rings (SSSR count). The fraction of sp³-hybridized carbons (Fsp3) is 0.222. The van der Waals surface area contributed by atoms with Crippen LogP contribution in [-0.2, 0) is 24.7 Å². The fourth-order valence-corrected chi connectivity index (χ4v) is 5.34. The molecule has 3 atom stereocenters. The molecule has 7 nitrogen and oxygen atoms in total. The second kappa shape index (κ2) is 8.83. The number of rotatable bonds is 5. The molecule has 1 N–H and O–H groups in total. The van der Waals surface area contributed by atoms with Crippen molar-refractivity contribution in [3.8, 4) is 5.75 Å². The van der Waals surface area contributed by atoms with E-state index < -0.39 is 52.8 Å². The van der Waals surface area contributed by atoms with Crippen LogP contribution in [0.4, 0.5) is 14.5 Å². The highest BCUT2D eigenvalue weighted by Gasteiger charge is 2.68. The third-order valence-corrected chi connectivity index (χ3v) is 6.94. The fourth-order valence-electron chi connectivity index (χ4n) is 5.34. The van der Waals surface area contributed by atoms with Crippen molar-refractivity contribution in [2.24, 2.45) is 11.8 Å². The summed E-state index contributed by atoms with van der Waals surface area (Å²) in [5.74, 6) is -4.55. The predicted molar refractivity (Wildman–Crippen MR) is 125 cm³/mol. The summed E-state index contributed by atoms with van der Waals surface area (Å²) in [4.78, 5) is 41.7. The van der Waals surface area contributed by atoms with Gasteiger partial charge in [0.15, 0.2) is 0 Å². The number of hydrogen-bond acceptors (Lipinski definition) is 6. The largest absolute Gasteiger partial charge is 0.497 e. The first-order chi connectivity index (χ1) is 17.3. The number of esters is 1. The van der Waals surface area contributed by atoms with Crippen LogP contribution < -0.4 is 15.0 Å². The molecule has 9 heteroatoms. The number of anilines is 1. The number of halogens is 2. The monoisotopic (exact) mass is 492 g/mol. The first-order valence-electron chi connectivity index (χ1n) is 11.2. The molecule has 0 aromatic heterocycles. The van der Waals surface area contributed by atoms with Gasteiger partial charge in [-0.25, -0.2) is 13.7 Å². The molecule has 2 saturated heterocycles. The molecule has 2 aliphatic heterocycles. The Morgan fingerprint density at radius 3 is 1.83 bits per heavy atom. The number of amides is 2. The quantitative estimate of drug-likeness (QED) is 0.435. The molecule has 3 aromatic carbocycles. The normalized spacial score (nSPS) is 22.4. The zero-order chi connectivity index (χ0) is 25.6. The van der Waals surface area contributed by atoms with Gasteiger partial charge in [-0.15, -0.1) is 0 Å². The number of fused-ring (bicyclic) bond motifs is 1. The zero-order valence-electron chi connectivity index (χ0n) is 19.4. The Kier molecular flexibility index (Phi) is 5.80. The summed E-state index contributed by atoms with van der Waals surface area (Å²) in [6, 6.07) is 16.0. The van der Waals surface area contributed by atoms with E-state index in [1.165, 1.54) is 62.8 Å². The summed E-state index contributed by atoms with van der Waals surface area (Å²) < 4.78 is 37.9. The summed E-state index contributed by atoms with van der Waals surface area (Å²) in [6.07, 6.45) is 0. The van der Waals surface area contributed by atoms with Gasteiger partial charge >= 0.3 is 5.97 Å². The van der Waals surface area contributed by atoms with Crippen molar-refractivity contribution in [2.45, 2.75) is 11.6 Å².